The Morgan fingerprint density at radius 2 is 2.16 bits per heavy atom. The summed E-state index contributed by atoms with van der Waals surface area (Å²) in [5, 5.41) is 21.4. The zero-order chi connectivity index (χ0) is 23.1. The lowest BCUT2D eigenvalue weighted by atomic mass is 9.46. The molecule has 170 valence electrons. The van der Waals surface area contributed by atoms with Gasteiger partial charge < -0.3 is 19.7 Å². The van der Waals surface area contributed by atoms with E-state index in [4.69, 9.17) is 10.8 Å². The largest absolute Gasteiger partial charge is 0.393 e. The van der Waals surface area contributed by atoms with Crippen molar-refractivity contribution in [1.29, 1.82) is 0 Å². The number of aliphatic hydroxyl groups is 2. The SMILES string of the molecule is [2H]C1(CCC)O[C@@H]2C[C@H]3[C@@H]4CCC5=CC(=O)C=C[C@]5(C)[C@H]4[C@@H](O)C[C@]3(C)[C@]2(C(=O)CO)O1. The summed E-state index contributed by atoms with van der Waals surface area (Å²) < 4.78 is 21.1. The van der Waals surface area contributed by atoms with E-state index in [2.05, 4.69) is 6.92 Å². The van der Waals surface area contributed by atoms with E-state index in [1.54, 1.807) is 12.2 Å². The van der Waals surface area contributed by atoms with E-state index in [-0.39, 0.29) is 23.5 Å². The van der Waals surface area contributed by atoms with Crippen molar-refractivity contribution < 1.29 is 30.6 Å². The zero-order valence-corrected chi connectivity index (χ0v) is 18.6. The van der Waals surface area contributed by atoms with E-state index in [9.17, 15) is 19.8 Å². The average molecular weight is 432 g/mol. The molecule has 0 radical (unpaired) electrons. The molecule has 5 rings (SSSR count). The van der Waals surface area contributed by atoms with Crippen LogP contribution in [0.5, 0.6) is 0 Å². The van der Waals surface area contributed by atoms with Gasteiger partial charge in [-0.3, -0.25) is 9.59 Å². The van der Waals surface area contributed by atoms with Crippen LogP contribution in [-0.2, 0) is 19.1 Å². The van der Waals surface area contributed by atoms with Gasteiger partial charge in [0.05, 0.1) is 13.6 Å². The van der Waals surface area contributed by atoms with Gasteiger partial charge in [-0.2, -0.15) is 0 Å². The number of hydrogen-bond acceptors (Lipinski definition) is 6. The maximum absolute atomic E-state index is 13.3. The van der Waals surface area contributed by atoms with Crippen molar-refractivity contribution >= 4 is 11.6 Å². The lowest BCUT2D eigenvalue weighted by molar-refractivity contribution is -0.200. The Labute approximate surface area is 185 Å². The highest BCUT2D eigenvalue weighted by molar-refractivity contribution is 6.01. The second-order valence-electron chi connectivity index (χ2n) is 10.6. The van der Waals surface area contributed by atoms with Gasteiger partial charge in [0.1, 0.15) is 6.61 Å². The molecule has 9 atom stereocenters. The minimum atomic E-state index is -1.61. The molecular weight excluding hydrogens is 396 g/mol. The van der Waals surface area contributed by atoms with E-state index in [0.717, 1.165) is 18.4 Å². The Morgan fingerprint density at radius 3 is 2.87 bits per heavy atom. The number of carbonyl (C=O) groups is 2. The van der Waals surface area contributed by atoms with Crippen LogP contribution in [0.1, 0.15) is 60.7 Å². The van der Waals surface area contributed by atoms with Gasteiger partial charge >= 0.3 is 0 Å². The standard InChI is InChI=1S/C25H34O6/c1-4-5-21-30-20-11-17-16-7-6-14-10-15(27)8-9-23(14,2)22(16)18(28)12-24(17,3)25(20,31-21)19(29)13-26/h8-10,16-18,20-22,26,28H,4-7,11-13H2,1-3H3/t16-,17-,18-,20+,21?,22+,23-,24-,25+/m0/s1/i21D. The van der Waals surface area contributed by atoms with Crippen LogP contribution in [0.15, 0.2) is 23.8 Å². The fourth-order valence-corrected chi connectivity index (χ4v) is 7.96. The third-order valence-electron chi connectivity index (χ3n) is 9.22. The summed E-state index contributed by atoms with van der Waals surface area (Å²) in [7, 11) is 0. The molecule has 0 bridgehead atoms. The number of Topliss-reactive ketones (excluding diaryl/α,β-unsaturated/α-hetero) is 1. The first-order chi connectivity index (χ1) is 15.0. The van der Waals surface area contributed by atoms with Crippen molar-refractivity contribution in [2.75, 3.05) is 6.61 Å². The van der Waals surface area contributed by atoms with Gasteiger partial charge in [0.2, 0.25) is 0 Å². The fourth-order valence-electron chi connectivity index (χ4n) is 7.96. The van der Waals surface area contributed by atoms with Crippen molar-refractivity contribution in [3.8, 4) is 0 Å². The summed E-state index contributed by atoms with van der Waals surface area (Å²) in [6.07, 6.45) is 5.87. The second-order valence-corrected chi connectivity index (χ2v) is 10.6. The van der Waals surface area contributed by atoms with Gasteiger partial charge in [-0.05, 0) is 56.1 Å². The molecule has 0 aromatic carbocycles. The third-order valence-corrected chi connectivity index (χ3v) is 9.22. The summed E-state index contributed by atoms with van der Waals surface area (Å²) in [4.78, 5) is 25.3. The number of fused-ring (bicyclic) bond motifs is 7. The van der Waals surface area contributed by atoms with Crippen molar-refractivity contribution in [1.82, 2.24) is 0 Å². The predicted molar refractivity (Wildman–Crippen MR) is 113 cm³/mol. The Balaban J connectivity index is 1.57. The van der Waals surface area contributed by atoms with Crippen LogP contribution in [0.2, 0.25) is 0 Å². The molecule has 31 heavy (non-hydrogen) atoms. The van der Waals surface area contributed by atoms with Crippen molar-refractivity contribution in [3.05, 3.63) is 23.8 Å². The summed E-state index contributed by atoms with van der Waals surface area (Å²) in [5.74, 6) is -0.350. The molecular formula is C25H34O6. The van der Waals surface area contributed by atoms with Crippen molar-refractivity contribution in [3.63, 3.8) is 0 Å². The Morgan fingerprint density at radius 1 is 1.39 bits per heavy atom. The number of allylic oxidation sites excluding steroid dienone is 4. The minimum Gasteiger partial charge on any atom is -0.393 e. The highest BCUT2D eigenvalue weighted by atomic mass is 16.7. The smallest absolute Gasteiger partial charge is 0.193 e. The first-order valence-electron chi connectivity index (χ1n) is 12.2. The van der Waals surface area contributed by atoms with Gasteiger partial charge in [-0.15, -0.1) is 0 Å². The molecule has 6 heteroatoms. The molecule has 6 nitrogen and oxygen atoms in total. The molecule has 3 saturated carbocycles. The third kappa shape index (κ3) is 2.65. The Bertz CT molecular complexity index is 914. The minimum absolute atomic E-state index is 0.00142. The summed E-state index contributed by atoms with van der Waals surface area (Å²) in [5.41, 5.74) is -1.49. The van der Waals surface area contributed by atoms with Crippen LogP contribution in [-0.4, -0.2) is 52.5 Å². The van der Waals surface area contributed by atoms with E-state index in [1.807, 2.05) is 19.9 Å². The molecule has 0 aromatic heterocycles. The second kappa shape index (κ2) is 7.08. The van der Waals surface area contributed by atoms with E-state index in [0.29, 0.717) is 25.7 Å². The van der Waals surface area contributed by atoms with Crippen LogP contribution < -0.4 is 0 Å². The molecule has 5 aliphatic rings. The monoisotopic (exact) mass is 431 g/mol. The number of carbonyl (C=O) groups excluding carboxylic acids is 2. The van der Waals surface area contributed by atoms with Gasteiger partial charge in [0.25, 0.3) is 0 Å². The van der Waals surface area contributed by atoms with Crippen LogP contribution in [0.4, 0.5) is 0 Å². The Kier molecular flexibility index (Phi) is 4.63. The quantitative estimate of drug-likeness (QED) is 0.711. The molecule has 0 amide bonds. The van der Waals surface area contributed by atoms with Crippen molar-refractivity contribution in [2.24, 2.45) is 28.6 Å². The number of hydrogen-bond donors (Lipinski definition) is 2. The molecule has 2 N–H and O–H groups in total. The van der Waals surface area contributed by atoms with Crippen LogP contribution in [0.3, 0.4) is 0 Å². The van der Waals surface area contributed by atoms with Gasteiger partial charge in [0, 0.05) is 16.7 Å². The Hall–Kier alpha value is -1.34. The van der Waals surface area contributed by atoms with E-state index in [1.165, 1.54) is 0 Å². The highest BCUT2D eigenvalue weighted by Gasteiger charge is 2.75. The maximum atomic E-state index is 13.3. The van der Waals surface area contributed by atoms with Gasteiger partial charge in [0.15, 0.2) is 23.4 Å². The molecule has 1 saturated heterocycles. The zero-order valence-electron chi connectivity index (χ0n) is 19.6. The summed E-state index contributed by atoms with van der Waals surface area (Å²) in [6.45, 7) is 5.36. The van der Waals surface area contributed by atoms with Crippen molar-refractivity contribution in [2.45, 2.75) is 83.4 Å². The topological polar surface area (TPSA) is 93.1 Å². The normalized spacial score (nSPS) is 53.2. The summed E-state index contributed by atoms with van der Waals surface area (Å²) in [6, 6.07) is 0. The van der Waals surface area contributed by atoms with Gasteiger partial charge in [-0.1, -0.05) is 38.8 Å². The number of rotatable bonds is 4. The van der Waals surface area contributed by atoms with Crippen LogP contribution >= 0.6 is 0 Å². The number of ether oxygens (including phenoxy) is 2. The van der Waals surface area contributed by atoms with Crippen LogP contribution in [0, 0.1) is 28.6 Å². The lowest BCUT2D eigenvalue weighted by Gasteiger charge is -2.59. The van der Waals surface area contributed by atoms with E-state index >= 15 is 0 Å². The lowest BCUT2D eigenvalue weighted by Crippen LogP contribution is -2.63. The van der Waals surface area contributed by atoms with E-state index < -0.39 is 47.3 Å². The maximum Gasteiger partial charge on any atom is 0.193 e. The molecule has 0 aromatic rings. The molecule has 4 aliphatic carbocycles. The molecule has 1 unspecified atom stereocenters. The molecule has 1 aliphatic heterocycles. The average Bonchev–Trinajstić information content (AvgIpc) is 3.15. The summed E-state index contributed by atoms with van der Waals surface area (Å²) >= 11 is 0. The number of ketones is 2. The first kappa shape index (κ1) is 20.3. The molecule has 4 fully saturated rings. The fraction of sp³-hybridized carbons (Fsp3) is 0.760. The predicted octanol–water partition coefficient (Wildman–Crippen LogP) is 2.72. The highest BCUT2D eigenvalue weighted by Crippen LogP contribution is 2.69. The number of aliphatic hydroxyl groups excluding tert-OH is 2. The van der Waals surface area contributed by atoms with Crippen LogP contribution in [0.25, 0.3) is 0 Å². The van der Waals surface area contributed by atoms with Gasteiger partial charge in [-0.25, -0.2) is 0 Å². The molecule has 0 spiro atoms. The first-order valence-corrected chi connectivity index (χ1v) is 11.7. The molecule has 1 heterocycles.